The predicted molar refractivity (Wildman–Crippen MR) is 106 cm³/mol. The lowest BCUT2D eigenvalue weighted by Gasteiger charge is -2.07. The number of carbonyl (C=O) groups excluding carboxylic acids is 2. The van der Waals surface area contributed by atoms with E-state index in [0.717, 1.165) is 0 Å². The number of rotatable bonds is 5. The Balaban J connectivity index is 1.84. The number of nitrogen functional groups attached to an aromatic ring is 1. The summed E-state index contributed by atoms with van der Waals surface area (Å²) in [6.45, 7) is 2.47. The Kier molecular flexibility index (Phi) is 5.68. The van der Waals surface area contributed by atoms with E-state index >= 15 is 0 Å². The van der Waals surface area contributed by atoms with Crippen molar-refractivity contribution >= 4 is 23.6 Å². The van der Waals surface area contributed by atoms with Gasteiger partial charge in [0.2, 0.25) is 5.76 Å². The van der Waals surface area contributed by atoms with Crippen LogP contribution in [-0.4, -0.2) is 23.6 Å². The molecule has 0 saturated heterocycles. The molecule has 0 bridgehead atoms. The van der Waals surface area contributed by atoms with Gasteiger partial charge in [-0.05, 0) is 12.1 Å². The second-order valence-corrected chi connectivity index (χ2v) is 6.12. The summed E-state index contributed by atoms with van der Waals surface area (Å²) in [5.74, 6) is -0.468. The fourth-order valence-corrected chi connectivity index (χ4v) is 2.51. The molecular weight excluding hydrogens is 392 g/mol. The summed E-state index contributed by atoms with van der Waals surface area (Å²) in [6.07, 6.45) is 0. The molecule has 0 unspecified atom stereocenters. The topological polar surface area (TPSA) is 165 Å². The molecule has 5 N–H and O–H groups in total. The fraction of sp³-hybridized carbons (Fsp3) is 0.100. The number of amidine groups is 2. The van der Waals surface area contributed by atoms with Crippen LogP contribution in [0.2, 0.25) is 0 Å². The zero-order valence-electron chi connectivity index (χ0n) is 16.1. The number of hydrogen-bond acceptors (Lipinski definition) is 8. The Morgan fingerprint density at radius 3 is 2.23 bits per heavy atom. The van der Waals surface area contributed by atoms with E-state index in [1.54, 1.807) is 36.4 Å². The Hall–Kier alpha value is -4.34. The van der Waals surface area contributed by atoms with Crippen molar-refractivity contribution in [1.82, 2.24) is 5.48 Å². The standard InChI is InChI=1S/C20H18N4O6/c1-10(25)27-16-9-17(19(21)22)29-18(16)15-8-7-14(28-15)12-3-5-13(6-4-12)20(23)24-30-11(2)26/h3-9H,1-2H3,(H3,21,22)(H2,23,24). The predicted octanol–water partition coefficient (Wildman–Crippen LogP) is 2.81. The van der Waals surface area contributed by atoms with Gasteiger partial charge in [-0.1, -0.05) is 24.3 Å². The number of hydrogen-bond donors (Lipinski definition) is 4. The van der Waals surface area contributed by atoms with Gasteiger partial charge in [-0.15, -0.1) is 0 Å². The summed E-state index contributed by atoms with van der Waals surface area (Å²) >= 11 is 0. The summed E-state index contributed by atoms with van der Waals surface area (Å²) in [7, 11) is 0. The number of carbonyl (C=O) groups is 2. The number of ether oxygens (including phenoxy) is 1. The molecule has 0 fully saturated rings. The van der Waals surface area contributed by atoms with Crippen LogP contribution in [0.4, 0.5) is 0 Å². The zero-order valence-corrected chi connectivity index (χ0v) is 16.1. The van der Waals surface area contributed by atoms with Gasteiger partial charge in [0, 0.05) is 31.0 Å². The average molecular weight is 410 g/mol. The first-order valence-corrected chi connectivity index (χ1v) is 8.64. The van der Waals surface area contributed by atoms with E-state index in [4.69, 9.17) is 30.1 Å². The Morgan fingerprint density at radius 2 is 1.63 bits per heavy atom. The minimum Gasteiger partial charge on any atom is -0.453 e. The molecule has 0 aliphatic carbocycles. The first-order chi connectivity index (χ1) is 14.2. The van der Waals surface area contributed by atoms with E-state index in [2.05, 4.69) is 10.3 Å². The molecule has 1 aromatic carbocycles. The van der Waals surface area contributed by atoms with Gasteiger partial charge in [0.15, 0.2) is 28.9 Å². The summed E-state index contributed by atoms with van der Waals surface area (Å²) in [4.78, 5) is 26.7. The lowest BCUT2D eigenvalue weighted by atomic mass is 10.1. The van der Waals surface area contributed by atoms with Crippen molar-refractivity contribution in [3.63, 3.8) is 0 Å². The van der Waals surface area contributed by atoms with Gasteiger partial charge in [0.1, 0.15) is 5.76 Å². The summed E-state index contributed by atoms with van der Waals surface area (Å²) in [5.41, 5.74) is 8.90. The SMILES string of the molecule is CC(=O)ONC(=N)c1ccc(-c2ccc(-c3oc(C(=N)N)cc3OC(C)=O)o2)cc1. The van der Waals surface area contributed by atoms with Crippen molar-refractivity contribution in [1.29, 1.82) is 10.8 Å². The number of benzene rings is 1. The van der Waals surface area contributed by atoms with E-state index in [1.165, 1.54) is 19.9 Å². The fourth-order valence-electron chi connectivity index (χ4n) is 2.51. The van der Waals surface area contributed by atoms with Crippen LogP contribution in [0.25, 0.3) is 22.8 Å². The molecule has 0 saturated carbocycles. The molecule has 154 valence electrons. The van der Waals surface area contributed by atoms with Crippen LogP contribution in [-0.2, 0) is 14.4 Å². The molecule has 0 radical (unpaired) electrons. The van der Waals surface area contributed by atoms with E-state index in [9.17, 15) is 9.59 Å². The summed E-state index contributed by atoms with van der Waals surface area (Å²) in [5, 5.41) is 15.3. The van der Waals surface area contributed by atoms with Gasteiger partial charge in [-0.25, -0.2) is 5.48 Å². The van der Waals surface area contributed by atoms with Crippen molar-refractivity contribution < 1.29 is 28.0 Å². The Morgan fingerprint density at radius 1 is 0.967 bits per heavy atom. The quantitative estimate of drug-likeness (QED) is 0.216. The van der Waals surface area contributed by atoms with E-state index in [0.29, 0.717) is 16.9 Å². The molecule has 3 aromatic rings. The van der Waals surface area contributed by atoms with Crippen LogP contribution in [0, 0.1) is 10.8 Å². The minimum atomic E-state index is -0.557. The van der Waals surface area contributed by atoms with Crippen molar-refractivity contribution in [2.24, 2.45) is 5.73 Å². The molecule has 10 heteroatoms. The summed E-state index contributed by atoms with van der Waals surface area (Å²) in [6, 6.07) is 11.4. The van der Waals surface area contributed by atoms with Gasteiger partial charge in [0.05, 0.1) is 0 Å². The maximum atomic E-state index is 11.3. The molecule has 0 spiro atoms. The molecular formula is C20H18N4O6. The van der Waals surface area contributed by atoms with Crippen molar-refractivity contribution in [3.8, 4) is 28.6 Å². The van der Waals surface area contributed by atoms with Crippen molar-refractivity contribution in [2.45, 2.75) is 13.8 Å². The molecule has 0 atom stereocenters. The third-order valence-electron chi connectivity index (χ3n) is 3.80. The molecule has 30 heavy (non-hydrogen) atoms. The number of nitrogens with two attached hydrogens (primary N) is 1. The first-order valence-electron chi connectivity index (χ1n) is 8.64. The largest absolute Gasteiger partial charge is 0.453 e. The highest BCUT2D eigenvalue weighted by atomic mass is 16.7. The van der Waals surface area contributed by atoms with E-state index in [-0.39, 0.29) is 34.7 Å². The molecule has 0 aliphatic heterocycles. The number of furan rings is 2. The third kappa shape index (κ3) is 4.55. The Bertz CT molecular complexity index is 1130. The zero-order chi connectivity index (χ0) is 21.8. The highest BCUT2D eigenvalue weighted by Gasteiger charge is 2.21. The van der Waals surface area contributed by atoms with E-state index < -0.39 is 11.9 Å². The van der Waals surface area contributed by atoms with Crippen LogP contribution in [0.1, 0.15) is 25.2 Å². The minimum absolute atomic E-state index is 0.0438. The third-order valence-corrected chi connectivity index (χ3v) is 3.80. The van der Waals surface area contributed by atoms with Crippen LogP contribution < -0.4 is 16.0 Å². The smallest absolute Gasteiger partial charge is 0.329 e. The van der Waals surface area contributed by atoms with Gasteiger partial charge >= 0.3 is 11.9 Å². The average Bonchev–Trinajstić information content (AvgIpc) is 3.33. The lowest BCUT2D eigenvalue weighted by molar-refractivity contribution is -0.145. The van der Waals surface area contributed by atoms with Crippen molar-refractivity contribution in [2.75, 3.05) is 0 Å². The van der Waals surface area contributed by atoms with Crippen LogP contribution in [0.15, 0.2) is 51.3 Å². The molecule has 3 rings (SSSR count). The van der Waals surface area contributed by atoms with Gasteiger partial charge in [0.25, 0.3) is 0 Å². The Labute approximate surface area is 170 Å². The number of esters is 1. The maximum absolute atomic E-state index is 11.3. The monoisotopic (exact) mass is 410 g/mol. The van der Waals surface area contributed by atoms with Crippen LogP contribution in [0.3, 0.4) is 0 Å². The van der Waals surface area contributed by atoms with E-state index in [1.807, 2.05) is 0 Å². The molecule has 0 aliphatic rings. The molecule has 0 amide bonds. The lowest BCUT2D eigenvalue weighted by Crippen LogP contribution is -2.25. The second-order valence-electron chi connectivity index (χ2n) is 6.12. The maximum Gasteiger partial charge on any atom is 0.329 e. The summed E-state index contributed by atoms with van der Waals surface area (Å²) < 4.78 is 16.4. The van der Waals surface area contributed by atoms with Gasteiger partial charge in [-0.3, -0.25) is 20.4 Å². The normalized spacial score (nSPS) is 10.3. The first kappa shape index (κ1) is 20.4. The highest BCUT2D eigenvalue weighted by Crippen LogP contribution is 2.37. The second kappa shape index (κ2) is 8.35. The van der Waals surface area contributed by atoms with Gasteiger partial charge < -0.3 is 24.1 Å². The molecule has 2 aromatic heterocycles. The molecule has 10 nitrogen and oxygen atoms in total. The molecule has 2 heterocycles. The van der Waals surface area contributed by atoms with Crippen LogP contribution in [0.5, 0.6) is 5.75 Å². The number of hydroxylamine groups is 1. The van der Waals surface area contributed by atoms with Crippen LogP contribution >= 0.6 is 0 Å². The van der Waals surface area contributed by atoms with Crippen molar-refractivity contribution in [3.05, 3.63) is 53.8 Å². The highest BCUT2D eigenvalue weighted by molar-refractivity contribution is 5.96. The van der Waals surface area contributed by atoms with Gasteiger partial charge in [-0.2, -0.15) is 0 Å². The number of nitrogens with one attached hydrogen (secondary N) is 3.